The van der Waals surface area contributed by atoms with Gasteiger partial charge in [-0.05, 0) is 13.0 Å². The number of thiazole rings is 1. The van der Waals surface area contributed by atoms with Crippen molar-refractivity contribution in [1.29, 1.82) is 0 Å². The first-order valence-electron chi connectivity index (χ1n) is 8.98. The molecule has 0 aliphatic rings. The largest absolute Gasteiger partial charge is 0.495 e. The second-order valence-corrected chi connectivity index (χ2v) is 7.59. The molecule has 0 unspecified atom stereocenters. The molecule has 29 heavy (non-hydrogen) atoms. The summed E-state index contributed by atoms with van der Waals surface area (Å²) in [6, 6.07) is 11.1. The van der Waals surface area contributed by atoms with E-state index in [0.717, 1.165) is 16.3 Å². The molecule has 3 aromatic rings. The van der Waals surface area contributed by atoms with Crippen molar-refractivity contribution >= 4 is 34.7 Å². The van der Waals surface area contributed by atoms with Crippen LogP contribution in [0.15, 0.2) is 41.8 Å². The van der Waals surface area contributed by atoms with Gasteiger partial charge in [-0.25, -0.2) is 9.78 Å². The minimum atomic E-state index is -0.349. The fourth-order valence-corrected chi connectivity index (χ4v) is 3.78. The molecule has 0 radical (unpaired) electrons. The van der Waals surface area contributed by atoms with Crippen molar-refractivity contribution in [1.82, 2.24) is 10.3 Å². The number of urea groups is 1. The van der Waals surface area contributed by atoms with Gasteiger partial charge in [0.05, 0.1) is 30.6 Å². The molecule has 6 nitrogen and oxygen atoms in total. The fraction of sp³-hybridized carbons (Fsp3) is 0.238. The summed E-state index contributed by atoms with van der Waals surface area (Å²) >= 11 is 7.73. The number of halogens is 1. The molecule has 1 heterocycles. The van der Waals surface area contributed by atoms with Gasteiger partial charge in [0.15, 0.2) is 0 Å². The van der Waals surface area contributed by atoms with E-state index < -0.39 is 0 Å². The zero-order valence-corrected chi connectivity index (χ0v) is 18.0. The Kier molecular flexibility index (Phi) is 6.95. The Morgan fingerprint density at radius 1 is 1.14 bits per heavy atom. The number of benzene rings is 2. The van der Waals surface area contributed by atoms with E-state index in [0.29, 0.717) is 35.2 Å². The summed E-state index contributed by atoms with van der Waals surface area (Å²) in [4.78, 5) is 16.9. The lowest BCUT2D eigenvalue weighted by molar-refractivity contribution is 0.252. The number of nitrogens with zero attached hydrogens (tertiary/aromatic N) is 1. The maximum atomic E-state index is 12.2. The number of aromatic nitrogens is 1. The highest BCUT2D eigenvalue weighted by atomic mass is 35.5. The molecule has 0 bridgehead atoms. The summed E-state index contributed by atoms with van der Waals surface area (Å²) < 4.78 is 10.4. The van der Waals surface area contributed by atoms with E-state index in [-0.39, 0.29) is 6.03 Å². The van der Waals surface area contributed by atoms with Gasteiger partial charge in [-0.1, -0.05) is 41.4 Å². The van der Waals surface area contributed by atoms with Crippen molar-refractivity contribution in [3.63, 3.8) is 0 Å². The lowest BCUT2D eigenvalue weighted by Gasteiger charge is -2.13. The first-order valence-corrected chi connectivity index (χ1v) is 10.2. The van der Waals surface area contributed by atoms with E-state index in [4.69, 9.17) is 21.1 Å². The van der Waals surface area contributed by atoms with Crippen LogP contribution in [0.4, 0.5) is 10.5 Å². The Hall–Kier alpha value is -2.77. The van der Waals surface area contributed by atoms with Crippen LogP contribution in [0, 0.1) is 6.92 Å². The minimum absolute atomic E-state index is 0.349. The minimum Gasteiger partial charge on any atom is -0.495 e. The Bertz CT molecular complexity index is 989. The van der Waals surface area contributed by atoms with Gasteiger partial charge in [0.1, 0.15) is 16.5 Å². The van der Waals surface area contributed by atoms with Crippen molar-refractivity contribution in [2.24, 2.45) is 0 Å². The van der Waals surface area contributed by atoms with E-state index in [9.17, 15) is 4.79 Å². The van der Waals surface area contributed by atoms with Gasteiger partial charge in [0.25, 0.3) is 0 Å². The van der Waals surface area contributed by atoms with Gasteiger partial charge in [0, 0.05) is 30.0 Å². The van der Waals surface area contributed by atoms with E-state index in [1.165, 1.54) is 19.8 Å². The van der Waals surface area contributed by atoms with Crippen molar-refractivity contribution in [3.05, 3.63) is 58.1 Å². The number of aryl methyl sites for hydroxylation is 1. The van der Waals surface area contributed by atoms with Crippen LogP contribution in [0.2, 0.25) is 5.02 Å². The van der Waals surface area contributed by atoms with Crippen LogP contribution >= 0.6 is 22.9 Å². The van der Waals surface area contributed by atoms with Crippen molar-refractivity contribution < 1.29 is 14.3 Å². The Labute approximate surface area is 178 Å². The van der Waals surface area contributed by atoms with Crippen molar-refractivity contribution in [3.8, 4) is 22.1 Å². The van der Waals surface area contributed by atoms with Gasteiger partial charge in [-0.2, -0.15) is 0 Å². The Balaban J connectivity index is 1.54. The van der Waals surface area contributed by atoms with Gasteiger partial charge >= 0.3 is 6.03 Å². The van der Waals surface area contributed by atoms with Crippen LogP contribution in [-0.4, -0.2) is 31.8 Å². The standard InChI is InChI=1S/C21H22ClN3O3S/c1-13-4-6-14(7-5-13)20-24-15(12-29-20)8-9-23-21(26)25-17-10-16(22)18(27-2)11-19(17)28-3/h4-7,10-12H,8-9H2,1-3H3,(H2,23,25,26). The molecule has 152 valence electrons. The average Bonchev–Trinajstić information content (AvgIpc) is 3.17. The third-order valence-electron chi connectivity index (χ3n) is 4.24. The van der Waals surface area contributed by atoms with Gasteiger partial charge < -0.3 is 20.1 Å². The van der Waals surface area contributed by atoms with Crippen LogP contribution in [0.25, 0.3) is 10.6 Å². The van der Waals surface area contributed by atoms with Crippen molar-refractivity contribution in [2.75, 3.05) is 26.1 Å². The summed E-state index contributed by atoms with van der Waals surface area (Å²) in [5, 5.41) is 8.94. The number of anilines is 1. The molecule has 3 rings (SSSR count). The van der Waals surface area contributed by atoms with Crippen LogP contribution < -0.4 is 20.1 Å². The monoisotopic (exact) mass is 431 g/mol. The molecule has 2 N–H and O–H groups in total. The highest BCUT2D eigenvalue weighted by Gasteiger charge is 2.12. The van der Waals surface area contributed by atoms with E-state index in [1.807, 2.05) is 5.38 Å². The number of nitrogens with one attached hydrogen (secondary N) is 2. The van der Waals surface area contributed by atoms with Crippen LogP contribution in [0.5, 0.6) is 11.5 Å². The lowest BCUT2D eigenvalue weighted by Crippen LogP contribution is -2.30. The summed E-state index contributed by atoms with van der Waals surface area (Å²) in [6.07, 6.45) is 0.635. The smallest absolute Gasteiger partial charge is 0.319 e. The maximum Gasteiger partial charge on any atom is 0.319 e. The molecule has 0 aliphatic carbocycles. The fourth-order valence-electron chi connectivity index (χ4n) is 2.68. The molecule has 0 saturated carbocycles. The number of hydrogen-bond acceptors (Lipinski definition) is 5. The molecule has 2 amide bonds. The van der Waals surface area contributed by atoms with E-state index >= 15 is 0 Å². The predicted molar refractivity (Wildman–Crippen MR) is 118 cm³/mol. The third-order valence-corrected chi connectivity index (χ3v) is 5.47. The highest BCUT2D eigenvalue weighted by molar-refractivity contribution is 7.13. The van der Waals surface area contributed by atoms with Crippen LogP contribution in [0.1, 0.15) is 11.3 Å². The first kappa shape index (κ1) is 21.0. The normalized spacial score (nSPS) is 10.5. The van der Waals surface area contributed by atoms with Gasteiger partial charge in [0.2, 0.25) is 0 Å². The van der Waals surface area contributed by atoms with Crippen LogP contribution in [-0.2, 0) is 6.42 Å². The van der Waals surface area contributed by atoms with Gasteiger partial charge in [-0.15, -0.1) is 11.3 Å². The van der Waals surface area contributed by atoms with Gasteiger partial charge in [-0.3, -0.25) is 0 Å². The molecule has 0 saturated heterocycles. The zero-order chi connectivity index (χ0) is 20.8. The summed E-state index contributed by atoms with van der Waals surface area (Å²) in [7, 11) is 3.03. The molecule has 0 atom stereocenters. The topological polar surface area (TPSA) is 72.5 Å². The zero-order valence-electron chi connectivity index (χ0n) is 16.4. The number of amides is 2. The maximum absolute atomic E-state index is 12.2. The molecular weight excluding hydrogens is 410 g/mol. The second kappa shape index (κ2) is 9.62. The molecule has 1 aromatic heterocycles. The number of carbonyl (C=O) groups excluding carboxylic acids is 1. The molecule has 8 heteroatoms. The molecule has 0 spiro atoms. The lowest BCUT2D eigenvalue weighted by atomic mass is 10.2. The number of hydrogen-bond donors (Lipinski definition) is 2. The second-order valence-electron chi connectivity index (χ2n) is 6.33. The number of carbonyl (C=O) groups is 1. The summed E-state index contributed by atoms with van der Waals surface area (Å²) in [6.45, 7) is 2.51. The molecule has 0 aliphatic heterocycles. The van der Waals surface area contributed by atoms with Crippen molar-refractivity contribution in [2.45, 2.75) is 13.3 Å². The molecule has 2 aromatic carbocycles. The summed E-state index contributed by atoms with van der Waals surface area (Å²) in [5.41, 5.74) is 3.72. The highest BCUT2D eigenvalue weighted by Crippen LogP contribution is 2.35. The molecule has 0 fully saturated rings. The average molecular weight is 432 g/mol. The number of rotatable bonds is 7. The van der Waals surface area contributed by atoms with E-state index in [1.54, 1.807) is 23.5 Å². The van der Waals surface area contributed by atoms with E-state index in [2.05, 4.69) is 46.8 Å². The van der Waals surface area contributed by atoms with Crippen LogP contribution in [0.3, 0.4) is 0 Å². The SMILES string of the molecule is COc1cc(OC)c(NC(=O)NCCc2csc(-c3ccc(C)cc3)n2)cc1Cl. The number of methoxy groups -OCH3 is 2. The molecular formula is C21H22ClN3O3S. The Morgan fingerprint density at radius 2 is 1.86 bits per heavy atom. The quantitative estimate of drug-likeness (QED) is 0.542. The summed E-state index contributed by atoms with van der Waals surface area (Å²) in [5.74, 6) is 0.936. The third kappa shape index (κ3) is 5.40. The Morgan fingerprint density at radius 3 is 2.55 bits per heavy atom. The number of ether oxygens (including phenoxy) is 2. The first-order chi connectivity index (χ1) is 14.0. The predicted octanol–water partition coefficient (Wildman–Crippen LogP) is 5.15.